The van der Waals surface area contributed by atoms with Gasteiger partial charge in [-0.1, -0.05) is 34.5 Å². The molecule has 156 valence electrons. The summed E-state index contributed by atoms with van der Waals surface area (Å²) in [5, 5.41) is 11.9. The number of amides is 2. The summed E-state index contributed by atoms with van der Waals surface area (Å²) < 4.78 is 6.90. The molecular formula is C20H19Cl2N5O3. The van der Waals surface area contributed by atoms with Gasteiger partial charge in [0.15, 0.2) is 0 Å². The molecule has 0 saturated carbocycles. The number of hydrogen-bond donors (Lipinski definition) is 2. The quantitative estimate of drug-likeness (QED) is 0.577. The molecule has 3 N–H and O–H groups in total. The molecule has 0 unspecified atom stereocenters. The van der Waals surface area contributed by atoms with Crippen LogP contribution in [0.4, 0.5) is 5.69 Å². The lowest BCUT2D eigenvalue weighted by atomic mass is 10.1. The Labute approximate surface area is 182 Å². The minimum Gasteiger partial charge on any atom is -0.495 e. The molecule has 10 heteroatoms. The summed E-state index contributed by atoms with van der Waals surface area (Å²) in [6, 6.07) is 9.87. The van der Waals surface area contributed by atoms with Crippen LogP contribution in [0, 0.1) is 6.92 Å². The second-order valence-corrected chi connectivity index (χ2v) is 7.35. The van der Waals surface area contributed by atoms with Crippen molar-refractivity contribution in [1.29, 1.82) is 0 Å². The van der Waals surface area contributed by atoms with E-state index in [4.69, 9.17) is 33.7 Å². The van der Waals surface area contributed by atoms with Gasteiger partial charge in [-0.3, -0.25) is 9.59 Å². The third-order valence-corrected chi connectivity index (χ3v) is 5.22. The van der Waals surface area contributed by atoms with Gasteiger partial charge in [0.2, 0.25) is 11.8 Å². The Bertz CT molecular complexity index is 1110. The van der Waals surface area contributed by atoms with Crippen LogP contribution in [0.5, 0.6) is 5.75 Å². The van der Waals surface area contributed by atoms with Crippen molar-refractivity contribution in [1.82, 2.24) is 15.0 Å². The van der Waals surface area contributed by atoms with E-state index in [2.05, 4.69) is 15.6 Å². The van der Waals surface area contributed by atoms with Gasteiger partial charge in [-0.25, -0.2) is 4.68 Å². The third kappa shape index (κ3) is 4.90. The van der Waals surface area contributed by atoms with Gasteiger partial charge < -0.3 is 15.8 Å². The summed E-state index contributed by atoms with van der Waals surface area (Å²) in [6.07, 6.45) is -0.00282. The van der Waals surface area contributed by atoms with E-state index in [1.54, 1.807) is 22.9 Å². The first-order valence-corrected chi connectivity index (χ1v) is 9.64. The second kappa shape index (κ2) is 9.15. The molecule has 3 aromatic rings. The highest BCUT2D eigenvalue weighted by molar-refractivity contribution is 6.42. The Balaban J connectivity index is 1.73. The monoisotopic (exact) mass is 447 g/mol. The molecule has 1 heterocycles. The van der Waals surface area contributed by atoms with Crippen molar-refractivity contribution in [2.45, 2.75) is 19.9 Å². The molecule has 30 heavy (non-hydrogen) atoms. The van der Waals surface area contributed by atoms with Gasteiger partial charge in [0.25, 0.3) is 0 Å². The van der Waals surface area contributed by atoms with Crippen LogP contribution in [0.1, 0.15) is 27.3 Å². The molecule has 0 bridgehead atoms. The van der Waals surface area contributed by atoms with E-state index >= 15 is 0 Å². The van der Waals surface area contributed by atoms with Crippen molar-refractivity contribution < 1.29 is 14.3 Å². The van der Waals surface area contributed by atoms with E-state index < -0.39 is 5.91 Å². The zero-order chi connectivity index (χ0) is 21.8. The molecule has 0 atom stereocenters. The molecule has 0 aliphatic carbocycles. The number of methoxy groups -OCH3 is 1. The maximum absolute atomic E-state index is 12.5. The van der Waals surface area contributed by atoms with E-state index in [0.717, 1.165) is 11.3 Å². The molecule has 0 spiro atoms. The van der Waals surface area contributed by atoms with Gasteiger partial charge in [-0.15, -0.1) is 5.10 Å². The minimum absolute atomic E-state index is 0.00282. The van der Waals surface area contributed by atoms with Gasteiger partial charge in [0, 0.05) is 5.56 Å². The summed E-state index contributed by atoms with van der Waals surface area (Å²) in [5.41, 5.74) is 8.08. The van der Waals surface area contributed by atoms with Crippen LogP contribution in [0.25, 0.3) is 0 Å². The van der Waals surface area contributed by atoms with Crippen LogP contribution in [-0.2, 0) is 17.8 Å². The van der Waals surface area contributed by atoms with Crippen molar-refractivity contribution in [2.75, 3.05) is 12.4 Å². The van der Waals surface area contributed by atoms with E-state index in [-0.39, 0.29) is 17.9 Å². The van der Waals surface area contributed by atoms with E-state index in [1.807, 2.05) is 13.0 Å². The number of anilines is 1. The summed E-state index contributed by atoms with van der Waals surface area (Å²) in [5.74, 6) is -0.526. The number of rotatable bonds is 7. The van der Waals surface area contributed by atoms with Crippen LogP contribution in [-0.4, -0.2) is 33.9 Å². The summed E-state index contributed by atoms with van der Waals surface area (Å²) in [6.45, 7) is 2.26. The number of halogens is 2. The maximum Gasteiger partial charge on any atom is 0.248 e. The predicted octanol–water partition coefficient (Wildman–Crippen LogP) is 3.23. The minimum atomic E-state index is -0.603. The van der Waals surface area contributed by atoms with Crippen LogP contribution < -0.4 is 15.8 Å². The first kappa shape index (κ1) is 21.6. The zero-order valence-electron chi connectivity index (χ0n) is 16.3. The molecule has 3 rings (SSSR count). The molecule has 8 nitrogen and oxygen atoms in total. The molecule has 2 aromatic carbocycles. The van der Waals surface area contributed by atoms with Gasteiger partial charge >= 0.3 is 0 Å². The Morgan fingerprint density at radius 1 is 1.17 bits per heavy atom. The van der Waals surface area contributed by atoms with Crippen molar-refractivity contribution in [3.05, 3.63) is 69.0 Å². The fourth-order valence-electron chi connectivity index (χ4n) is 2.83. The number of ether oxygens (including phenoxy) is 1. The number of nitrogens with one attached hydrogen (secondary N) is 1. The summed E-state index contributed by atoms with van der Waals surface area (Å²) >= 11 is 12.0. The molecule has 0 fully saturated rings. The Morgan fingerprint density at radius 3 is 2.60 bits per heavy atom. The lowest BCUT2D eigenvalue weighted by Crippen LogP contribution is -2.17. The number of carbonyl (C=O) groups excluding carboxylic acids is 2. The molecular weight excluding hydrogens is 429 g/mol. The number of aromatic nitrogens is 3. The van der Waals surface area contributed by atoms with Crippen LogP contribution in [0.2, 0.25) is 10.0 Å². The van der Waals surface area contributed by atoms with Gasteiger partial charge in [-0.05, 0) is 42.8 Å². The SMILES string of the molecule is COc1ccc(C(N)=O)cc1NC(=O)Cc1nnn(Cc2ccc(Cl)c(Cl)c2)c1C. The third-order valence-electron chi connectivity index (χ3n) is 4.48. The summed E-state index contributed by atoms with van der Waals surface area (Å²) in [7, 11) is 1.47. The number of nitrogens with two attached hydrogens (primary N) is 1. The first-order valence-electron chi connectivity index (χ1n) is 8.89. The smallest absolute Gasteiger partial charge is 0.248 e. The van der Waals surface area contributed by atoms with Crippen LogP contribution >= 0.6 is 23.2 Å². The fraction of sp³-hybridized carbons (Fsp3) is 0.200. The second-order valence-electron chi connectivity index (χ2n) is 6.53. The van der Waals surface area contributed by atoms with Gasteiger partial charge in [0.1, 0.15) is 5.75 Å². The Kier molecular flexibility index (Phi) is 6.59. The van der Waals surface area contributed by atoms with Gasteiger partial charge in [-0.2, -0.15) is 0 Å². The standard InChI is InChI=1S/C20H19Cl2N5O3/c1-11-16(25-26-27(11)10-12-3-5-14(21)15(22)7-12)9-19(28)24-17-8-13(20(23)29)4-6-18(17)30-2/h3-8H,9-10H2,1-2H3,(H2,23,29)(H,24,28). The number of carbonyl (C=O) groups is 2. The number of nitrogens with zero attached hydrogens (tertiary/aromatic N) is 3. The zero-order valence-corrected chi connectivity index (χ0v) is 17.8. The number of primary amides is 1. The highest BCUT2D eigenvalue weighted by Gasteiger charge is 2.16. The Hall–Kier alpha value is -3.10. The van der Waals surface area contributed by atoms with Crippen molar-refractivity contribution in [2.24, 2.45) is 5.73 Å². The summed E-state index contributed by atoms with van der Waals surface area (Å²) in [4.78, 5) is 23.9. The Morgan fingerprint density at radius 2 is 1.93 bits per heavy atom. The number of benzene rings is 2. The van der Waals surface area contributed by atoms with Gasteiger partial charge in [0.05, 0.1) is 47.2 Å². The highest BCUT2D eigenvalue weighted by atomic mass is 35.5. The molecule has 0 aliphatic heterocycles. The van der Waals surface area contributed by atoms with Crippen LogP contribution in [0.15, 0.2) is 36.4 Å². The van der Waals surface area contributed by atoms with Crippen molar-refractivity contribution in [3.63, 3.8) is 0 Å². The largest absolute Gasteiger partial charge is 0.495 e. The molecule has 2 amide bonds. The predicted molar refractivity (Wildman–Crippen MR) is 114 cm³/mol. The fourth-order valence-corrected chi connectivity index (χ4v) is 3.15. The first-order chi connectivity index (χ1) is 14.3. The average molecular weight is 448 g/mol. The lowest BCUT2D eigenvalue weighted by molar-refractivity contribution is -0.115. The molecule has 1 aromatic heterocycles. The van der Waals surface area contributed by atoms with Crippen molar-refractivity contribution >= 4 is 40.7 Å². The van der Waals surface area contributed by atoms with E-state index in [9.17, 15) is 9.59 Å². The maximum atomic E-state index is 12.5. The molecule has 0 aliphatic rings. The van der Waals surface area contributed by atoms with Crippen molar-refractivity contribution in [3.8, 4) is 5.75 Å². The van der Waals surface area contributed by atoms with E-state index in [0.29, 0.717) is 33.7 Å². The number of hydrogen-bond acceptors (Lipinski definition) is 5. The van der Waals surface area contributed by atoms with Crippen LogP contribution in [0.3, 0.4) is 0 Å². The lowest BCUT2D eigenvalue weighted by Gasteiger charge is -2.11. The molecule has 0 radical (unpaired) electrons. The molecule has 0 saturated heterocycles. The normalized spacial score (nSPS) is 10.7. The average Bonchev–Trinajstić information content (AvgIpc) is 3.04. The van der Waals surface area contributed by atoms with E-state index in [1.165, 1.54) is 19.2 Å². The highest BCUT2D eigenvalue weighted by Crippen LogP contribution is 2.26. The topological polar surface area (TPSA) is 112 Å².